The third-order valence-electron chi connectivity index (χ3n) is 4.40. The Labute approximate surface area is 141 Å². The highest BCUT2D eigenvalue weighted by molar-refractivity contribution is 5.75. The summed E-state index contributed by atoms with van der Waals surface area (Å²) in [5.74, 6) is -0.292. The van der Waals surface area contributed by atoms with Crippen molar-refractivity contribution in [3.63, 3.8) is 0 Å². The molecule has 5 heteroatoms. The highest BCUT2D eigenvalue weighted by Gasteiger charge is 2.23. The molecule has 2 amide bonds. The van der Waals surface area contributed by atoms with Crippen molar-refractivity contribution < 1.29 is 9.18 Å². The second-order valence-electron chi connectivity index (χ2n) is 6.00. The van der Waals surface area contributed by atoms with E-state index in [0.717, 1.165) is 13.1 Å². The first-order valence-corrected chi connectivity index (χ1v) is 8.25. The molecule has 1 fully saturated rings. The summed E-state index contributed by atoms with van der Waals surface area (Å²) in [7, 11) is 0. The van der Waals surface area contributed by atoms with E-state index < -0.39 is 0 Å². The van der Waals surface area contributed by atoms with Crippen molar-refractivity contribution in [3.8, 4) is 0 Å². The molecule has 1 atom stereocenters. The van der Waals surface area contributed by atoms with Gasteiger partial charge >= 0.3 is 6.03 Å². The largest absolute Gasteiger partial charge is 0.368 e. The minimum absolute atomic E-state index is 0.140. The average molecular weight is 327 g/mol. The summed E-state index contributed by atoms with van der Waals surface area (Å²) in [6, 6.07) is 16.2. The van der Waals surface area contributed by atoms with E-state index in [4.69, 9.17) is 0 Å². The number of piperazine rings is 1. The van der Waals surface area contributed by atoms with Gasteiger partial charge in [-0.1, -0.05) is 36.4 Å². The Morgan fingerprint density at radius 2 is 1.62 bits per heavy atom. The Morgan fingerprint density at radius 1 is 1.00 bits per heavy atom. The molecule has 1 aliphatic rings. The fourth-order valence-electron chi connectivity index (χ4n) is 2.99. The summed E-state index contributed by atoms with van der Waals surface area (Å²) in [5.41, 5.74) is 1.69. The molecule has 1 saturated heterocycles. The van der Waals surface area contributed by atoms with Crippen molar-refractivity contribution in [2.45, 2.75) is 13.0 Å². The maximum absolute atomic E-state index is 13.8. The van der Waals surface area contributed by atoms with Crippen LogP contribution in [0.5, 0.6) is 0 Å². The fraction of sp³-hybridized carbons (Fsp3) is 0.316. The molecule has 0 aromatic heterocycles. The van der Waals surface area contributed by atoms with Crippen LogP contribution in [0, 0.1) is 5.82 Å². The summed E-state index contributed by atoms with van der Waals surface area (Å²) >= 11 is 0. The van der Waals surface area contributed by atoms with Gasteiger partial charge in [0, 0.05) is 37.4 Å². The molecule has 0 saturated carbocycles. The van der Waals surface area contributed by atoms with Gasteiger partial charge in [0.15, 0.2) is 0 Å². The second kappa shape index (κ2) is 7.34. The number of halogens is 1. The van der Waals surface area contributed by atoms with Gasteiger partial charge in [0.1, 0.15) is 5.82 Å². The van der Waals surface area contributed by atoms with E-state index in [9.17, 15) is 9.18 Å². The van der Waals surface area contributed by atoms with E-state index in [1.807, 2.05) is 18.2 Å². The maximum Gasteiger partial charge on any atom is 0.317 e. The molecule has 2 aromatic rings. The van der Waals surface area contributed by atoms with Crippen LogP contribution in [0.25, 0.3) is 0 Å². The van der Waals surface area contributed by atoms with Crippen LogP contribution in [-0.2, 0) is 0 Å². The smallest absolute Gasteiger partial charge is 0.317 e. The van der Waals surface area contributed by atoms with Crippen LogP contribution >= 0.6 is 0 Å². The lowest BCUT2D eigenvalue weighted by Gasteiger charge is -2.36. The summed E-state index contributed by atoms with van der Waals surface area (Å²) in [4.78, 5) is 16.5. The zero-order valence-electron chi connectivity index (χ0n) is 13.8. The van der Waals surface area contributed by atoms with Crippen molar-refractivity contribution in [2.24, 2.45) is 0 Å². The van der Waals surface area contributed by atoms with E-state index >= 15 is 0 Å². The van der Waals surface area contributed by atoms with Gasteiger partial charge in [-0.05, 0) is 25.1 Å². The molecular formula is C19H22FN3O. The number of para-hydroxylation sites is 1. The average Bonchev–Trinajstić information content (AvgIpc) is 2.63. The lowest BCUT2D eigenvalue weighted by molar-refractivity contribution is 0.191. The number of amides is 2. The molecule has 3 rings (SSSR count). The highest BCUT2D eigenvalue weighted by Crippen LogP contribution is 2.18. The first-order valence-electron chi connectivity index (χ1n) is 8.25. The molecule has 1 heterocycles. The van der Waals surface area contributed by atoms with Gasteiger partial charge in [0.2, 0.25) is 0 Å². The van der Waals surface area contributed by atoms with Gasteiger partial charge in [-0.2, -0.15) is 0 Å². The predicted molar refractivity (Wildman–Crippen MR) is 93.6 cm³/mol. The monoisotopic (exact) mass is 327 g/mol. The van der Waals surface area contributed by atoms with E-state index in [0.29, 0.717) is 18.7 Å². The number of urea groups is 1. The first kappa shape index (κ1) is 16.3. The highest BCUT2D eigenvalue weighted by atomic mass is 19.1. The first-order chi connectivity index (χ1) is 11.6. The van der Waals surface area contributed by atoms with Crippen LogP contribution in [0.4, 0.5) is 14.9 Å². The zero-order chi connectivity index (χ0) is 16.9. The number of rotatable bonds is 3. The van der Waals surface area contributed by atoms with E-state index in [-0.39, 0.29) is 17.9 Å². The molecule has 0 unspecified atom stereocenters. The molecule has 0 spiro atoms. The van der Waals surface area contributed by atoms with Gasteiger partial charge in [0.05, 0.1) is 6.04 Å². The van der Waals surface area contributed by atoms with Crippen molar-refractivity contribution in [1.82, 2.24) is 10.2 Å². The molecule has 4 nitrogen and oxygen atoms in total. The molecule has 24 heavy (non-hydrogen) atoms. The normalized spacial score (nSPS) is 15.9. The number of nitrogens with one attached hydrogen (secondary N) is 1. The lowest BCUT2D eigenvalue weighted by atomic mass is 10.1. The van der Waals surface area contributed by atoms with Crippen LogP contribution < -0.4 is 10.2 Å². The van der Waals surface area contributed by atoms with Crippen molar-refractivity contribution >= 4 is 11.7 Å². The Kier molecular flexibility index (Phi) is 4.99. The summed E-state index contributed by atoms with van der Waals surface area (Å²) in [6.45, 7) is 4.71. The number of nitrogens with zero attached hydrogens (tertiary/aromatic N) is 2. The van der Waals surface area contributed by atoms with Gasteiger partial charge < -0.3 is 15.1 Å². The summed E-state index contributed by atoms with van der Waals surface area (Å²) < 4.78 is 13.8. The third-order valence-corrected chi connectivity index (χ3v) is 4.40. The molecular weight excluding hydrogens is 305 g/mol. The quantitative estimate of drug-likeness (QED) is 0.937. The van der Waals surface area contributed by atoms with E-state index in [1.54, 1.807) is 30.0 Å². The third kappa shape index (κ3) is 3.67. The van der Waals surface area contributed by atoms with Gasteiger partial charge in [-0.15, -0.1) is 0 Å². The molecule has 0 radical (unpaired) electrons. The molecule has 2 aromatic carbocycles. The lowest BCUT2D eigenvalue weighted by Crippen LogP contribution is -2.52. The molecule has 1 aliphatic heterocycles. The Bertz CT molecular complexity index is 684. The number of carbonyl (C=O) groups excluding carboxylic acids is 1. The Hall–Kier alpha value is -2.56. The predicted octanol–water partition coefficient (Wildman–Crippen LogP) is 3.42. The number of carbonyl (C=O) groups is 1. The fourth-order valence-corrected chi connectivity index (χ4v) is 2.99. The van der Waals surface area contributed by atoms with Gasteiger partial charge in [0.25, 0.3) is 0 Å². The van der Waals surface area contributed by atoms with Crippen LogP contribution in [0.2, 0.25) is 0 Å². The number of benzene rings is 2. The minimum atomic E-state index is -0.356. The van der Waals surface area contributed by atoms with Crippen LogP contribution in [-0.4, -0.2) is 37.1 Å². The number of hydrogen-bond donors (Lipinski definition) is 1. The van der Waals surface area contributed by atoms with Crippen LogP contribution in [0.3, 0.4) is 0 Å². The number of anilines is 1. The van der Waals surface area contributed by atoms with Crippen molar-refractivity contribution in [2.75, 3.05) is 31.1 Å². The SMILES string of the molecule is C[C@@H](NC(=O)N1CCN(c2ccccc2)CC1)c1ccccc1F. The number of hydrogen-bond acceptors (Lipinski definition) is 2. The van der Waals surface area contributed by atoms with E-state index in [2.05, 4.69) is 22.3 Å². The van der Waals surface area contributed by atoms with Crippen molar-refractivity contribution in [3.05, 3.63) is 66.0 Å². The van der Waals surface area contributed by atoms with Gasteiger partial charge in [-0.25, -0.2) is 9.18 Å². The second-order valence-corrected chi connectivity index (χ2v) is 6.00. The summed E-state index contributed by atoms with van der Waals surface area (Å²) in [6.07, 6.45) is 0. The topological polar surface area (TPSA) is 35.6 Å². The Balaban J connectivity index is 1.55. The zero-order valence-corrected chi connectivity index (χ0v) is 13.8. The molecule has 1 N–H and O–H groups in total. The van der Waals surface area contributed by atoms with Crippen molar-refractivity contribution in [1.29, 1.82) is 0 Å². The summed E-state index contributed by atoms with van der Waals surface area (Å²) in [5, 5.41) is 2.89. The minimum Gasteiger partial charge on any atom is -0.368 e. The van der Waals surface area contributed by atoms with E-state index in [1.165, 1.54) is 11.8 Å². The van der Waals surface area contributed by atoms with Gasteiger partial charge in [-0.3, -0.25) is 0 Å². The molecule has 126 valence electrons. The van der Waals surface area contributed by atoms with Crippen LogP contribution in [0.1, 0.15) is 18.5 Å². The molecule has 0 bridgehead atoms. The Morgan fingerprint density at radius 3 is 2.29 bits per heavy atom. The molecule has 0 aliphatic carbocycles. The van der Waals surface area contributed by atoms with Crippen LogP contribution in [0.15, 0.2) is 54.6 Å². The maximum atomic E-state index is 13.8. The standard InChI is InChI=1S/C19H22FN3O/c1-15(17-9-5-6-10-18(17)20)21-19(24)23-13-11-22(12-14-23)16-7-3-2-4-8-16/h2-10,15H,11-14H2,1H3,(H,21,24)/t15-/m1/s1.